The highest BCUT2D eigenvalue weighted by molar-refractivity contribution is 6.11. The molecule has 1 aromatic carbocycles. The number of hydrogen-bond donors (Lipinski definition) is 1. The van der Waals surface area contributed by atoms with Crippen molar-refractivity contribution in [2.75, 3.05) is 13.7 Å². The molecule has 3 aromatic rings. The molecule has 0 saturated carbocycles. The molecule has 0 radical (unpaired) electrons. The Morgan fingerprint density at radius 3 is 2.74 bits per heavy atom. The van der Waals surface area contributed by atoms with Gasteiger partial charge in [0.15, 0.2) is 0 Å². The molecule has 27 heavy (non-hydrogen) atoms. The van der Waals surface area contributed by atoms with Gasteiger partial charge in [-0.05, 0) is 38.1 Å². The average Bonchev–Trinajstić information content (AvgIpc) is 2.66. The Bertz CT molecular complexity index is 1090. The van der Waals surface area contributed by atoms with Crippen molar-refractivity contribution in [1.82, 2.24) is 9.97 Å². The zero-order valence-corrected chi connectivity index (χ0v) is 15.2. The molecule has 3 rings (SSSR count). The molecule has 0 aliphatic heterocycles. The summed E-state index contributed by atoms with van der Waals surface area (Å²) in [5, 5.41) is 9.74. The van der Waals surface area contributed by atoms with Crippen molar-refractivity contribution >= 4 is 16.8 Å². The first-order valence-electron chi connectivity index (χ1n) is 8.32. The van der Waals surface area contributed by atoms with Crippen LogP contribution in [0.2, 0.25) is 0 Å². The first kappa shape index (κ1) is 18.1. The van der Waals surface area contributed by atoms with Crippen LogP contribution in [0.1, 0.15) is 28.5 Å². The quantitative estimate of drug-likeness (QED) is 0.747. The molecule has 7 nitrogen and oxygen atoms in total. The van der Waals surface area contributed by atoms with E-state index in [1.807, 2.05) is 6.92 Å². The number of nitriles is 1. The predicted molar refractivity (Wildman–Crippen MR) is 101 cm³/mol. The lowest BCUT2D eigenvalue weighted by atomic mass is 9.93. The number of carbonyl (C=O) groups is 1. The number of ether oxygens (including phenoxy) is 2. The first-order chi connectivity index (χ1) is 13.0. The summed E-state index contributed by atoms with van der Waals surface area (Å²) >= 11 is 0. The number of rotatable bonds is 5. The smallest absolute Gasteiger partial charge is 0.251 e. The summed E-state index contributed by atoms with van der Waals surface area (Å²) in [7, 11) is 1.50. The molecule has 0 bridgehead atoms. The Morgan fingerprint density at radius 1 is 1.33 bits per heavy atom. The van der Waals surface area contributed by atoms with Gasteiger partial charge in [0.25, 0.3) is 5.91 Å². The number of aromatic nitrogens is 2. The number of primary amides is 1. The lowest BCUT2D eigenvalue weighted by Gasteiger charge is -2.17. The fraction of sp³-hybridized carbons (Fsp3) is 0.200. The summed E-state index contributed by atoms with van der Waals surface area (Å²) < 4.78 is 11.2. The topological polar surface area (TPSA) is 111 Å². The Morgan fingerprint density at radius 2 is 2.11 bits per heavy atom. The number of aryl methyl sites for hydroxylation is 1. The number of methoxy groups -OCH3 is 1. The van der Waals surface area contributed by atoms with Crippen LogP contribution in [0.4, 0.5) is 0 Å². The fourth-order valence-electron chi connectivity index (χ4n) is 3.09. The second-order valence-electron chi connectivity index (χ2n) is 5.78. The van der Waals surface area contributed by atoms with E-state index in [4.69, 9.17) is 15.2 Å². The number of benzene rings is 1. The maximum atomic E-state index is 12.3. The summed E-state index contributed by atoms with van der Waals surface area (Å²) in [4.78, 5) is 21.1. The van der Waals surface area contributed by atoms with Gasteiger partial charge in [-0.25, -0.2) is 4.98 Å². The number of carbonyl (C=O) groups excluding carboxylic acids is 1. The van der Waals surface area contributed by atoms with Gasteiger partial charge < -0.3 is 15.2 Å². The summed E-state index contributed by atoms with van der Waals surface area (Å²) in [5.74, 6) is 0.177. The third-order valence-electron chi connectivity index (χ3n) is 4.17. The fourth-order valence-corrected chi connectivity index (χ4v) is 3.09. The van der Waals surface area contributed by atoms with Crippen LogP contribution in [-0.2, 0) is 0 Å². The van der Waals surface area contributed by atoms with E-state index in [1.165, 1.54) is 7.11 Å². The zero-order chi connectivity index (χ0) is 19.6. The molecule has 0 aliphatic rings. The molecular formula is C20H18N4O3. The number of fused-ring (bicyclic) bond motifs is 1. The van der Waals surface area contributed by atoms with E-state index in [1.54, 1.807) is 37.4 Å². The minimum atomic E-state index is -0.616. The standard InChI is InChI=1S/C20H18N4O3/c1-4-27-20-18-14(7-8-23-20)24-11(2)16(19(22)25)17(18)13-6-5-12(10-21)9-15(13)26-3/h5-9H,4H2,1-3H3,(H2,22,25). The maximum absolute atomic E-state index is 12.3. The summed E-state index contributed by atoms with van der Waals surface area (Å²) in [6.07, 6.45) is 1.60. The van der Waals surface area contributed by atoms with Crippen molar-refractivity contribution in [2.24, 2.45) is 5.73 Å². The molecule has 1 amide bonds. The van der Waals surface area contributed by atoms with E-state index >= 15 is 0 Å². The van der Waals surface area contributed by atoms with Gasteiger partial charge in [0.1, 0.15) is 5.75 Å². The molecule has 136 valence electrons. The molecule has 2 aromatic heterocycles. The number of nitrogens with two attached hydrogens (primary N) is 1. The molecule has 0 saturated heterocycles. The zero-order valence-electron chi connectivity index (χ0n) is 15.2. The van der Waals surface area contributed by atoms with Crippen LogP contribution in [-0.4, -0.2) is 29.6 Å². The highest BCUT2D eigenvalue weighted by atomic mass is 16.5. The van der Waals surface area contributed by atoms with Gasteiger partial charge in [-0.1, -0.05) is 0 Å². The van der Waals surface area contributed by atoms with Gasteiger partial charge in [-0.2, -0.15) is 5.26 Å². The minimum Gasteiger partial charge on any atom is -0.496 e. The first-order valence-corrected chi connectivity index (χ1v) is 8.32. The van der Waals surface area contributed by atoms with E-state index in [-0.39, 0.29) is 5.56 Å². The summed E-state index contributed by atoms with van der Waals surface area (Å²) in [6, 6.07) is 8.81. The molecule has 0 unspecified atom stereocenters. The van der Waals surface area contributed by atoms with Crippen LogP contribution < -0.4 is 15.2 Å². The molecular weight excluding hydrogens is 344 g/mol. The lowest BCUT2D eigenvalue weighted by Crippen LogP contribution is -2.16. The number of hydrogen-bond acceptors (Lipinski definition) is 6. The highest BCUT2D eigenvalue weighted by Crippen LogP contribution is 2.41. The van der Waals surface area contributed by atoms with Crippen molar-refractivity contribution in [1.29, 1.82) is 5.26 Å². The van der Waals surface area contributed by atoms with E-state index in [9.17, 15) is 10.1 Å². The van der Waals surface area contributed by atoms with Crippen molar-refractivity contribution in [2.45, 2.75) is 13.8 Å². The second-order valence-corrected chi connectivity index (χ2v) is 5.78. The molecule has 7 heteroatoms. The molecule has 0 spiro atoms. The van der Waals surface area contributed by atoms with Gasteiger partial charge in [0.05, 0.1) is 47.5 Å². The Labute approximate surface area is 156 Å². The van der Waals surface area contributed by atoms with Gasteiger partial charge in [-0.3, -0.25) is 9.78 Å². The van der Waals surface area contributed by atoms with Crippen molar-refractivity contribution in [3.8, 4) is 28.8 Å². The summed E-state index contributed by atoms with van der Waals surface area (Å²) in [6.45, 7) is 3.97. The normalized spacial score (nSPS) is 10.4. The van der Waals surface area contributed by atoms with Crippen molar-refractivity contribution in [3.05, 3.63) is 47.3 Å². The van der Waals surface area contributed by atoms with Gasteiger partial charge >= 0.3 is 0 Å². The lowest BCUT2D eigenvalue weighted by molar-refractivity contribution is 0.1000. The molecule has 0 aliphatic carbocycles. The molecule has 2 heterocycles. The van der Waals surface area contributed by atoms with Crippen LogP contribution in [0.15, 0.2) is 30.5 Å². The Balaban J connectivity index is 2.52. The van der Waals surface area contributed by atoms with Crippen molar-refractivity contribution < 1.29 is 14.3 Å². The van der Waals surface area contributed by atoms with Crippen LogP contribution in [0.25, 0.3) is 22.0 Å². The Kier molecular flexibility index (Phi) is 4.90. The van der Waals surface area contributed by atoms with Crippen LogP contribution in [0, 0.1) is 18.3 Å². The van der Waals surface area contributed by atoms with Crippen LogP contribution in [0.5, 0.6) is 11.6 Å². The van der Waals surface area contributed by atoms with Crippen LogP contribution in [0.3, 0.4) is 0 Å². The number of pyridine rings is 2. The second kappa shape index (κ2) is 7.30. The third-order valence-corrected chi connectivity index (χ3v) is 4.17. The number of nitrogens with zero attached hydrogens (tertiary/aromatic N) is 3. The van der Waals surface area contributed by atoms with Gasteiger partial charge in [-0.15, -0.1) is 0 Å². The SMILES string of the molecule is CCOc1nccc2nc(C)c(C(N)=O)c(-c3ccc(C#N)cc3OC)c12. The number of amides is 1. The van der Waals surface area contributed by atoms with E-state index < -0.39 is 5.91 Å². The van der Waals surface area contributed by atoms with E-state index in [0.717, 1.165) is 0 Å². The molecule has 0 fully saturated rings. The van der Waals surface area contributed by atoms with E-state index in [0.29, 0.717) is 51.5 Å². The van der Waals surface area contributed by atoms with E-state index in [2.05, 4.69) is 16.0 Å². The predicted octanol–water partition coefficient (Wildman–Crippen LogP) is 2.98. The minimum absolute atomic E-state index is 0.263. The highest BCUT2D eigenvalue weighted by Gasteiger charge is 2.24. The van der Waals surface area contributed by atoms with Crippen LogP contribution >= 0.6 is 0 Å². The Hall–Kier alpha value is -3.66. The molecule has 2 N–H and O–H groups in total. The van der Waals surface area contributed by atoms with Gasteiger partial charge in [0.2, 0.25) is 5.88 Å². The monoisotopic (exact) mass is 362 g/mol. The van der Waals surface area contributed by atoms with Gasteiger partial charge in [0, 0.05) is 17.3 Å². The maximum Gasteiger partial charge on any atom is 0.251 e. The summed E-state index contributed by atoms with van der Waals surface area (Å²) in [5.41, 5.74) is 8.63. The van der Waals surface area contributed by atoms with Crippen molar-refractivity contribution in [3.63, 3.8) is 0 Å². The third kappa shape index (κ3) is 3.13. The molecule has 0 atom stereocenters. The average molecular weight is 362 g/mol. The largest absolute Gasteiger partial charge is 0.496 e.